The number of fused-ring (bicyclic) bond motifs is 4. The normalized spacial score (nSPS) is 40.5. The van der Waals surface area contributed by atoms with Crippen molar-refractivity contribution in [3.05, 3.63) is 22.8 Å². The Labute approximate surface area is 191 Å². The summed E-state index contributed by atoms with van der Waals surface area (Å²) in [4.78, 5) is 11.5. The molecule has 0 heterocycles. The minimum Gasteiger partial charge on any atom is -0.463 e. The number of carbonyl (C=O) groups excluding carboxylic acids is 1. The van der Waals surface area contributed by atoms with Gasteiger partial charge in [-0.1, -0.05) is 43.6 Å². The summed E-state index contributed by atoms with van der Waals surface area (Å²) < 4.78 is 5.63. The summed E-state index contributed by atoms with van der Waals surface area (Å²) in [6.45, 7) is 13.8. The molecule has 2 fully saturated rings. The standard InChI is InChI=1S/C29H46O2/c1-19(2)8-7-9-20(3)25-12-13-26-24-11-10-22-18-23(31-21(4)30)14-16-28(22,5)27(24)15-17-29(25,26)6/h8,20,22-23,25-26H,7,9-18H2,1-6H3/t20-,22?,23+,25-,26+,28+,29-/m1/s1. The van der Waals surface area contributed by atoms with Crippen LogP contribution in [-0.4, -0.2) is 12.1 Å². The predicted octanol–water partition coefficient (Wildman–Crippen LogP) is 8.02. The number of hydrogen-bond donors (Lipinski definition) is 0. The fourth-order valence-corrected chi connectivity index (χ4v) is 8.57. The van der Waals surface area contributed by atoms with Crippen LogP contribution in [0.1, 0.15) is 112 Å². The third-order valence-corrected chi connectivity index (χ3v) is 10.2. The molecule has 174 valence electrons. The SMILES string of the molecule is CC(=O)O[C@H]1CC[C@]2(C)C3=C(CCC2C1)[C@@H]1CC[C@H]([C@H](C)CCC=C(C)C)[C@@]1(C)CC3. The van der Waals surface area contributed by atoms with Gasteiger partial charge < -0.3 is 4.74 Å². The van der Waals surface area contributed by atoms with Crippen molar-refractivity contribution >= 4 is 5.97 Å². The second kappa shape index (κ2) is 8.71. The van der Waals surface area contributed by atoms with Crippen molar-refractivity contribution in [2.75, 3.05) is 0 Å². The van der Waals surface area contributed by atoms with Gasteiger partial charge in [-0.2, -0.15) is 0 Å². The van der Waals surface area contributed by atoms with E-state index in [1.165, 1.54) is 63.4 Å². The first-order valence-corrected chi connectivity index (χ1v) is 13.2. The number of rotatable bonds is 5. The minimum atomic E-state index is -0.103. The summed E-state index contributed by atoms with van der Waals surface area (Å²) in [5, 5.41) is 0. The lowest BCUT2D eigenvalue weighted by molar-refractivity contribution is -0.150. The first-order valence-electron chi connectivity index (χ1n) is 13.2. The second-order valence-corrected chi connectivity index (χ2v) is 12.2. The first-order chi connectivity index (χ1) is 14.6. The van der Waals surface area contributed by atoms with Crippen molar-refractivity contribution in [3.8, 4) is 0 Å². The molecular weight excluding hydrogens is 380 g/mol. The van der Waals surface area contributed by atoms with Gasteiger partial charge in [-0.05, 0) is 119 Å². The summed E-state index contributed by atoms with van der Waals surface area (Å²) in [6.07, 6.45) is 16.7. The van der Waals surface area contributed by atoms with E-state index in [0.717, 1.165) is 30.6 Å². The van der Waals surface area contributed by atoms with Crippen molar-refractivity contribution in [1.29, 1.82) is 0 Å². The van der Waals surface area contributed by atoms with Crippen LogP contribution in [0.25, 0.3) is 0 Å². The van der Waals surface area contributed by atoms with Gasteiger partial charge in [0.2, 0.25) is 0 Å². The van der Waals surface area contributed by atoms with Crippen LogP contribution in [-0.2, 0) is 9.53 Å². The van der Waals surface area contributed by atoms with Crippen LogP contribution in [0, 0.1) is 34.5 Å². The molecule has 0 bridgehead atoms. The summed E-state index contributed by atoms with van der Waals surface area (Å²) in [5.74, 6) is 3.15. The molecule has 0 aliphatic heterocycles. The average Bonchev–Trinajstić information content (AvgIpc) is 3.05. The Hall–Kier alpha value is -1.05. The largest absolute Gasteiger partial charge is 0.463 e. The number of carbonyl (C=O) groups is 1. The minimum absolute atomic E-state index is 0.103. The highest BCUT2D eigenvalue weighted by molar-refractivity contribution is 5.66. The molecule has 4 rings (SSSR count). The summed E-state index contributed by atoms with van der Waals surface area (Å²) in [7, 11) is 0. The average molecular weight is 427 g/mol. The van der Waals surface area contributed by atoms with Crippen LogP contribution in [0.4, 0.5) is 0 Å². The van der Waals surface area contributed by atoms with Crippen molar-refractivity contribution in [2.45, 2.75) is 118 Å². The lowest BCUT2D eigenvalue weighted by Crippen LogP contribution is -2.46. The van der Waals surface area contributed by atoms with E-state index < -0.39 is 0 Å². The monoisotopic (exact) mass is 426 g/mol. The van der Waals surface area contributed by atoms with E-state index in [0.29, 0.717) is 16.7 Å². The molecule has 7 atom stereocenters. The van der Waals surface area contributed by atoms with Crippen LogP contribution in [0.3, 0.4) is 0 Å². The number of allylic oxidation sites excluding steroid dienone is 4. The molecule has 0 N–H and O–H groups in total. The van der Waals surface area contributed by atoms with Crippen LogP contribution in [0.15, 0.2) is 22.8 Å². The maximum Gasteiger partial charge on any atom is 0.302 e. The van der Waals surface area contributed by atoms with Crippen molar-refractivity contribution in [3.63, 3.8) is 0 Å². The van der Waals surface area contributed by atoms with Gasteiger partial charge in [-0.25, -0.2) is 0 Å². The summed E-state index contributed by atoms with van der Waals surface area (Å²) in [6, 6.07) is 0. The van der Waals surface area contributed by atoms with Gasteiger partial charge in [0.25, 0.3) is 0 Å². The highest BCUT2D eigenvalue weighted by Gasteiger charge is 2.55. The zero-order chi connectivity index (χ0) is 22.4. The van der Waals surface area contributed by atoms with Crippen molar-refractivity contribution in [2.24, 2.45) is 34.5 Å². The molecule has 4 aliphatic rings. The van der Waals surface area contributed by atoms with Crippen LogP contribution in [0.2, 0.25) is 0 Å². The molecule has 0 aromatic heterocycles. The van der Waals surface area contributed by atoms with Gasteiger partial charge in [-0.3, -0.25) is 4.79 Å². The third kappa shape index (κ3) is 4.18. The lowest BCUT2D eigenvalue weighted by Gasteiger charge is -2.55. The lowest BCUT2D eigenvalue weighted by atomic mass is 9.50. The molecular formula is C29H46O2. The van der Waals surface area contributed by atoms with E-state index in [4.69, 9.17) is 4.74 Å². The predicted molar refractivity (Wildman–Crippen MR) is 129 cm³/mol. The Kier molecular flexibility index (Phi) is 6.50. The molecule has 0 saturated heterocycles. The van der Waals surface area contributed by atoms with Crippen molar-refractivity contribution < 1.29 is 9.53 Å². The Bertz CT molecular complexity index is 757. The maximum atomic E-state index is 11.5. The molecule has 4 aliphatic carbocycles. The summed E-state index contributed by atoms with van der Waals surface area (Å²) >= 11 is 0. The fraction of sp³-hybridized carbons (Fsp3) is 0.828. The molecule has 1 unspecified atom stereocenters. The van der Waals surface area contributed by atoms with Crippen LogP contribution in [0.5, 0.6) is 0 Å². The van der Waals surface area contributed by atoms with Gasteiger partial charge in [0.05, 0.1) is 0 Å². The van der Waals surface area contributed by atoms with Gasteiger partial charge in [0.1, 0.15) is 6.10 Å². The van der Waals surface area contributed by atoms with Gasteiger partial charge >= 0.3 is 5.97 Å². The van der Waals surface area contributed by atoms with E-state index in [9.17, 15) is 4.79 Å². The molecule has 0 aromatic rings. The fourth-order valence-electron chi connectivity index (χ4n) is 8.57. The maximum absolute atomic E-state index is 11.5. The second-order valence-electron chi connectivity index (χ2n) is 12.2. The van der Waals surface area contributed by atoms with E-state index in [1.807, 2.05) is 11.1 Å². The zero-order valence-electron chi connectivity index (χ0n) is 21.1. The number of ether oxygens (including phenoxy) is 1. The molecule has 2 heteroatoms. The molecule has 31 heavy (non-hydrogen) atoms. The Morgan fingerprint density at radius 1 is 1.10 bits per heavy atom. The van der Waals surface area contributed by atoms with E-state index in [2.05, 4.69) is 40.7 Å². The van der Waals surface area contributed by atoms with Crippen molar-refractivity contribution in [1.82, 2.24) is 0 Å². The molecule has 0 spiro atoms. The highest BCUT2D eigenvalue weighted by Crippen LogP contribution is 2.66. The Balaban J connectivity index is 1.51. The molecule has 0 radical (unpaired) electrons. The summed E-state index contributed by atoms with van der Waals surface area (Å²) in [5.41, 5.74) is 6.08. The number of esters is 1. The molecule has 0 amide bonds. The number of hydrogen-bond acceptors (Lipinski definition) is 2. The zero-order valence-corrected chi connectivity index (χ0v) is 21.1. The van der Waals surface area contributed by atoms with Crippen LogP contribution >= 0.6 is 0 Å². The topological polar surface area (TPSA) is 26.3 Å². The Morgan fingerprint density at radius 2 is 1.87 bits per heavy atom. The highest BCUT2D eigenvalue weighted by atomic mass is 16.5. The van der Waals surface area contributed by atoms with Crippen LogP contribution < -0.4 is 0 Å². The van der Waals surface area contributed by atoms with E-state index in [-0.39, 0.29) is 12.1 Å². The first kappa shape index (κ1) is 23.1. The van der Waals surface area contributed by atoms with Gasteiger partial charge in [0, 0.05) is 6.92 Å². The van der Waals surface area contributed by atoms with Gasteiger partial charge in [0.15, 0.2) is 0 Å². The molecule has 2 nitrogen and oxygen atoms in total. The smallest absolute Gasteiger partial charge is 0.302 e. The van der Waals surface area contributed by atoms with Gasteiger partial charge in [-0.15, -0.1) is 0 Å². The Morgan fingerprint density at radius 3 is 2.58 bits per heavy atom. The van der Waals surface area contributed by atoms with E-state index >= 15 is 0 Å². The quantitative estimate of drug-likeness (QED) is 0.328. The molecule has 2 saturated carbocycles. The molecule has 0 aromatic carbocycles. The third-order valence-electron chi connectivity index (χ3n) is 10.2. The van der Waals surface area contributed by atoms with E-state index in [1.54, 1.807) is 6.92 Å².